The third-order valence-corrected chi connectivity index (χ3v) is 6.05. The third-order valence-electron chi connectivity index (χ3n) is 5.19. The summed E-state index contributed by atoms with van der Waals surface area (Å²) in [6, 6.07) is 7.68. The molecule has 2 aliphatic rings. The van der Waals surface area contributed by atoms with Gasteiger partial charge in [0.25, 0.3) is 0 Å². The number of allylic oxidation sites excluding steroid dienone is 3. The number of rotatable bonds is 8. The monoisotopic (exact) mass is 415 g/mol. The summed E-state index contributed by atoms with van der Waals surface area (Å²) in [6.45, 7) is 6.86. The Labute approximate surface area is 176 Å². The molecule has 3 rings (SSSR count). The highest BCUT2D eigenvalue weighted by molar-refractivity contribution is 7.99. The Bertz CT molecular complexity index is 826. The predicted octanol–water partition coefficient (Wildman–Crippen LogP) is 4.35. The van der Waals surface area contributed by atoms with E-state index in [0.29, 0.717) is 30.8 Å². The zero-order valence-electron chi connectivity index (χ0n) is 17.4. The van der Waals surface area contributed by atoms with E-state index in [1.54, 1.807) is 11.8 Å². The fourth-order valence-electron chi connectivity index (χ4n) is 3.93. The van der Waals surface area contributed by atoms with Crippen LogP contribution < -0.4 is 10.1 Å². The van der Waals surface area contributed by atoms with E-state index in [-0.39, 0.29) is 11.8 Å². The second kappa shape index (κ2) is 10.0. The van der Waals surface area contributed by atoms with Crippen LogP contribution >= 0.6 is 11.8 Å². The Morgan fingerprint density at radius 2 is 1.97 bits per heavy atom. The highest BCUT2D eigenvalue weighted by atomic mass is 32.2. The van der Waals surface area contributed by atoms with Crippen LogP contribution in [-0.4, -0.2) is 36.5 Å². The maximum absolute atomic E-state index is 13.0. The molecule has 0 aromatic heterocycles. The normalized spacial score (nSPS) is 19.0. The van der Waals surface area contributed by atoms with Crippen LogP contribution in [-0.2, 0) is 14.3 Å². The summed E-state index contributed by atoms with van der Waals surface area (Å²) in [6.07, 6.45) is 2.17. The van der Waals surface area contributed by atoms with Gasteiger partial charge in [-0.05, 0) is 50.1 Å². The molecule has 6 heteroatoms. The zero-order valence-corrected chi connectivity index (χ0v) is 18.2. The Balaban J connectivity index is 1.96. The van der Waals surface area contributed by atoms with Crippen molar-refractivity contribution in [3.8, 4) is 5.75 Å². The van der Waals surface area contributed by atoms with Gasteiger partial charge >= 0.3 is 5.97 Å². The third kappa shape index (κ3) is 4.86. The molecule has 1 aliphatic heterocycles. The first kappa shape index (κ1) is 21.5. The quantitative estimate of drug-likeness (QED) is 0.503. The molecule has 0 bridgehead atoms. The van der Waals surface area contributed by atoms with Crippen molar-refractivity contribution in [3.63, 3.8) is 0 Å². The number of thioether (sulfide) groups is 1. The number of carbonyl (C=O) groups excluding carboxylic acids is 2. The van der Waals surface area contributed by atoms with Crippen LogP contribution in [0.4, 0.5) is 0 Å². The van der Waals surface area contributed by atoms with Crippen molar-refractivity contribution in [2.75, 3.05) is 24.7 Å². The van der Waals surface area contributed by atoms with E-state index < -0.39 is 5.92 Å². The van der Waals surface area contributed by atoms with Crippen molar-refractivity contribution in [1.29, 1.82) is 0 Å². The van der Waals surface area contributed by atoms with Gasteiger partial charge in [0.2, 0.25) is 0 Å². The minimum Gasteiger partial charge on any atom is -0.494 e. The molecule has 0 amide bonds. The van der Waals surface area contributed by atoms with Crippen molar-refractivity contribution in [2.24, 2.45) is 0 Å². The molecule has 1 aromatic rings. The summed E-state index contributed by atoms with van der Waals surface area (Å²) >= 11 is 1.73. The first-order chi connectivity index (χ1) is 14.1. The van der Waals surface area contributed by atoms with Crippen LogP contribution in [0.15, 0.2) is 46.8 Å². The number of nitrogens with one attached hydrogen (secondary N) is 1. The molecule has 1 atom stereocenters. The molecule has 5 nitrogen and oxygen atoms in total. The predicted molar refractivity (Wildman–Crippen MR) is 116 cm³/mol. The Morgan fingerprint density at radius 3 is 2.66 bits per heavy atom. The molecule has 0 radical (unpaired) electrons. The number of carbonyl (C=O) groups is 2. The van der Waals surface area contributed by atoms with Crippen molar-refractivity contribution in [1.82, 2.24) is 5.32 Å². The summed E-state index contributed by atoms with van der Waals surface area (Å²) < 4.78 is 11.1. The van der Waals surface area contributed by atoms with Gasteiger partial charge in [0.05, 0.1) is 12.2 Å². The maximum atomic E-state index is 13.0. The van der Waals surface area contributed by atoms with Gasteiger partial charge in [0.15, 0.2) is 5.78 Å². The molecule has 0 spiro atoms. The van der Waals surface area contributed by atoms with Crippen LogP contribution in [0, 0.1) is 0 Å². The highest BCUT2D eigenvalue weighted by Crippen LogP contribution is 2.42. The standard InChI is InChI=1S/C23H29NO4S/c1-4-27-17-11-9-16(10-12-17)21-20(23(26)28-13-14-29-5-2)15(3)24-18-7-6-8-19(25)22(18)21/h9-12,21,24H,4-8,13-14H2,1-3H3. The van der Waals surface area contributed by atoms with Gasteiger partial charge in [0, 0.05) is 35.1 Å². The van der Waals surface area contributed by atoms with E-state index in [0.717, 1.165) is 47.1 Å². The lowest BCUT2D eigenvalue weighted by molar-refractivity contribution is -0.138. The van der Waals surface area contributed by atoms with Gasteiger partial charge in [-0.15, -0.1) is 0 Å². The van der Waals surface area contributed by atoms with E-state index in [1.165, 1.54) is 0 Å². The molecule has 0 fully saturated rings. The van der Waals surface area contributed by atoms with Crippen LogP contribution in [0.3, 0.4) is 0 Å². The summed E-state index contributed by atoms with van der Waals surface area (Å²) in [7, 11) is 0. The van der Waals surface area contributed by atoms with Gasteiger partial charge in [-0.3, -0.25) is 4.79 Å². The van der Waals surface area contributed by atoms with Crippen LogP contribution in [0.1, 0.15) is 51.5 Å². The van der Waals surface area contributed by atoms with Gasteiger partial charge in [-0.25, -0.2) is 4.79 Å². The first-order valence-electron chi connectivity index (χ1n) is 10.3. The van der Waals surface area contributed by atoms with Gasteiger partial charge < -0.3 is 14.8 Å². The Kier molecular flexibility index (Phi) is 7.42. The SMILES string of the molecule is CCOc1ccc(C2C(C(=O)OCCSCC)=C(C)NC3=C2C(=O)CCC3)cc1. The average Bonchev–Trinajstić information content (AvgIpc) is 2.71. The molecule has 1 unspecified atom stereocenters. The number of hydrogen-bond donors (Lipinski definition) is 1. The number of esters is 1. The number of ketones is 1. The van der Waals surface area contributed by atoms with Gasteiger partial charge in [0.1, 0.15) is 12.4 Å². The van der Waals surface area contributed by atoms with E-state index in [1.807, 2.05) is 38.1 Å². The number of Topliss-reactive ketones (excluding diaryl/α,β-unsaturated/α-hetero) is 1. The first-order valence-corrected chi connectivity index (χ1v) is 11.4. The van der Waals surface area contributed by atoms with E-state index >= 15 is 0 Å². The van der Waals surface area contributed by atoms with Crippen LogP contribution in [0.5, 0.6) is 5.75 Å². The highest BCUT2D eigenvalue weighted by Gasteiger charge is 2.39. The minimum absolute atomic E-state index is 0.108. The average molecular weight is 416 g/mol. The second-order valence-electron chi connectivity index (χ2n) is 7.10. The summed E-state index contributed by atoms with van der Waals surface area (Å²) in [5.41, 5.74) is 3.86. The smallest absolute Gasteiger partial charge is 0.336 e. The van der Waals surface area contributed by atoms with Crippen molar-refractivity contribution >= 4 is 23.5 Å². The fraction of sp³-hybridized carbons (Fsp3) is 0.478. The Morgan fingerprint density at radius 1 is 1.21 bits per heavy atom. The lowest BCUT2D eigenvalue weighted by atomic mass is 9.75. The summed E-state index contributed by atoms with van der Waals surface area (Å²) in [5, 5.41) is 3.32. The number of dihydropyridines is 1. The van der Waals surface area contributed by atoms with E-state index in [4.69, 9.17) is 9.47 Å². The number of ether oxygens (including phenoxy) is 2. The van der Waals surface area contributed by atoms with Crippen molar-refractivity contribution in [3.05, 3.63) is 52.4 Å². The van der Waals surface area contributed by atoms with E-state index in [9.17, 15) is 9.59 Å². The van der Waals surface area contributed by atoms with Gasteiger partial charge in [-0.2, -0.15) is 11.8 Å². The largest absolute Gasteiger partial charge is 0.494 e. The van der Waals surface area contributed by atoms with Crippen LogP contribution in [0.2, 0.25) is 0 Å². The summed E-state index contributed by atoms with van der Waals surface area (Å²) in [4.78, 5) is 25.9. The lowest BCUT2D eigenvalue weighted by Gasteiger charge is -2.34. The van der Waals surface area contributed by atoms with Crippen LogP contribution in [0.25, 0.3) is 0 Å². The molecule has 1 aromatic carbocycles. The van der Waals surface area contributed by atoms with Gasteiger partial charge in [-0.1, -0.05) is 19.1 Å². The minimum atomic E-state index is -0.402. The molecule has 0 saturated carbocycles. The summed E-state index contributed by atoms with van der Waals surface area (Å²) in [5.74, 6) is 1.88. The molecule has 1 aliphatic carbocycles. The van der Waals surface area contributed by atoms with Crippen molar-refractivity contribution in [2.45, 2.75) is 46.0 Å². The fourth-order valence-corrected chi connectivity index (χ4v) is 4.42. The molecule has 29 heavy (non-hydrogen) atoms. The maximum Gasteiger partial charge on any atom is 0.336 e. The molecule has 1 heterocycles. The molecular formula is C23H29NO4S. The molecular weight excluding hydrogens is 386 g/mol. The molecule has 156 valence electrons. The lowest BCUT2D eigenvalue weighted by Crippen LogP contribution is -2.34. The Hall–Kier alpha value is -2.21. The number of benzene rings is 1. The zero-order chi connectivity index (χ0) is 20.8. The molecule has 1 N–H and O–H groups in total. The topological polar surface area (TPSA) is 64.6 Å². The molecule has 0 saturated heterocycles. The van der Waals surface area contributed by atoms with E-state index in [2.05, 4.69) is 12.2 Å². The van der Waals surface area contributed by atoms with Crippen molar-refractivity contribution < 1.29 is 19.1 Å². The number of hydrogen-bond acceptors (Lipinski definition) is 6. The second-order valence-corrected chi connectivity index (χ2v) is 8.49.